The third-order valence-corrected chi connectivity index (χ3v) is 8.09. The van der Waals surface area contributed by atoms with Crippen LogP contribution >= 0.6 is 11.8 Å². The number of halogens is 3. The summed E-state index contributed by atoms with van der Waals surface area (Å²) in [5.74, 6) is -0.399. The Morgan fingerprint density at radius 1 is 1.09 bits per heavy atom. The van der Waals surface area contributed by atoms with E-state index in [-0.39, 0.29) is 29.2 Å². The van der Waals surface area contributed by atoms with Gasteiger partial charge in [0.15, 0.2) is 0 Å². The van der Waals surface area contributed by atoms with Crippen molar-refractivity contribution in [1.82, 2.24) is 0 Å². The molecular weight excluding hydrogens is 437 g/mol. The maximum Gasteiger partial charge on any atom is 0.416 e. The maximum atomic E-state index is 14.1. The second kappa shape index (κ2) is 6.53. The Morgan fingerprint density at radius 3 is 2.50 bits per heavy atom. The minimum Gasteiger partial charge on any atom is -0.303 e. The predicted octanol–water partition coefficient (Wildman–Crippen LogP) is 5.58. The van der Waals surface area contributed by atoms with E-state index in [9.17, 15) is 22.8 Å². The van der Waals surface area contributed by atoms with Crippen molar-refractivity contribution in [1.29, 1.82) is 0 Å². The van der Waals surface area contributed by atoms with E-state index in [1.54, 1.807) is 4.90 Å². The number of nitrogens with zero attached hydrogens (tertiary/aromatic N) is 2. The van der Waals surface area contributed by atoms with E-state index in [0.717, 1.165) is 35.4 Å². The molecular formula is C24H23F3N2O2S. The molecule has 2 aromatic carbocycles. The normalized spacial score (nSPS) is 26.3. The summed E-state index contributed by atoms with van der Waals surface area (Å²) in [7, 11) is 0. The topological polar surface area (TPSA) is 40.6 Å². The fraction of sp³-hybridized carbons (Fsp3) is 0.417. The number of anilines is 2. The second-order valence-electron chi connectivity index (χ2n) is 9.52. The third kappa shape index (κ3) is 2.71. The van der Waals surface area contributed by atoms with Crippen LogP contribution in [0.5, 0.6) is 0 Å². The van der Waals surface area contributed by atoms with Gasteiger partial charge in [-0.2, -0.15) is 13.2 Å². The van der Waals surface area contributed by atoms with Crippen molar-refractivity contribution in [3.8, 4) is 0 Å². The molecule has 168 valence electrons. The molecule has 2 amide bonds. The minimum atomic E-state index is -4.55. The van der Waals surface area contributed by atoms with E-state index in [1.165, 1.54) is 28.8 Å². The van der Waals surface area contributed by atoms with Gasteiger partial charge in [0.05, 0.1) is 17.0 Å². The van der Waals surface area contributed by atoms with E-state index in [2.05, 4.69) is 13.0 Å². The molecule has 2 atom stereocenters. The lowest BCUT2D eigenvalue weighted by molar-refractivity contribution is -0.137. The molecule has 5 rings (SSSR count). The lowest BCUT2D eigenvalue weighted by Crippen LogP contribution is -2.56. The van der Waals surface area contributed by atoms with Gasteiger partial charge in [0.2, 0.25) is 10.8 Å². The Bertz CT molecular complexity index is 1180. The van der Waals surface area contributed by atoms with Crippen molar-refractivity contribution in [2.75, 3.05) is 15.6 Å². The number of fused-ring (bicyclic) bond motifs is 1. The molecule has 0 radical (unpaired) electrons. The molecule has 3 aliphatic rings. The molecule has 1 spiro atoms. The van der Waals surface area contributed by atoms with Gasteiger partial charge in [0.1, 0.15) is 0 Å². The van der Waals surface area contributed by atoms with Gasteiger partial charge in [0.25, 0.3) is 5.91 Å². The smallest absolute Gasteiger partial charge is 0.303 e. The molecule has 0 saturated carbocycles. The van der Waals surface area contributed by atoms with Crippen LogP contribution in [-0.4, -0.2) is 23.1 Å². The summed E-state index contributed by atoms with van der Waals surface area (Å²) in [6.45, 7) is 8.08. The SMILES string of the molecule is Cc1cc2c3c(c1)[C@]1(SCC(=O)N1c1cccc(C(F)(F)F)c1)C(=O)N3C(C)(C)C[C@H]2C. The zero-order valence-corrected chi connectivity index (χ0v) is 19.0. The van der Waals surface area contributed by atoms with Gasteiger partial charge < -0.3 is 4.90 Å². The summed E-state index contributed by atoms with van der Waals surface area (Å²) in [5.41, 5.74) is 2.28. The molecule has 0 aliphatic carbocycles. The van der Waals surface area contributed by atoms with Crippen LogP contribution in [-0.2, 0) is 20.6 Å². The van der Waals surface area contributed by atoms with Gasteiger partial charge in [-0.15, -0.1) is 11.8 Å². The largest absolute Gasteiger partial charge is 0.416 e. The monoisotopic (exact) mass is 460 g/mol. The van der Waals surface area contributed by atoms with E-state index in [1.807, 2.05) is 26.8 Å². The fourth-order valence-corrected chi connectivity index (χ4v) is 6.88. The summed E-state index contributed by atoms with van der Waals surface area (Å²) in [5, 5.41) is 0. The molecule has 32 heavy (non-hydrogen) atoms. The highest BCUT2D eigenvalue weighted by Crippen LogP contribution is 2.61. The van der Waals surface area contributed by atoms with E-state index in [0.29, 0.717) is 5.56 Å². The number of aryl methyl sites for hydroxylation is 1. The molecule has 8 heteroatoms. The van der Waals surface area contributed by atoms with Crippen LogP contribution in [0.25, 0.3) is 0 Å². The number of rotatable bonds is 1. The van der Waals surface area contributed by atoms with Crippen LogP contribution in [0.2, 0.25) is 0 Å². The molecule has 0 unspecified atom stereocenters. The highest BCUT2D eigenvalue weighted by Gasteiger charge is 2.64. The lowest BCUT2D eigenvalue weighted by Gasteiger charge is -2.44. The van der Waals surface area contributed by atoms with Crippen LogP contribution in [0.15, 0.2) is 36.4 Å². The molecule has 2 aromatic rings. The van der Waals surface area contributed by atoms with Crippen LogP contribution in [0.4, 0.5) is 24.5 Å². The minimum absolute atomic E-state index is 0.0223. The fourth-order valence-electron chi connectivity index (χ4n) is 5.56. The predicted molar refractivity (Wildman–Crippen MR) is 119 cm³/mol. The summed E-state index contributed by atoms with van der Waals surface area (Å²) in [4.78, 5) is 28.9. The van der Waals surface area contributed by atoms with Crippen molar-refractivity contribution in [3.05, 3.63) is 58.7 Å². The standard InChI is InChI=1S/C24H23F3N2O2S/c1-13-8-17-14(2)11-22(3,4)29-20(17)18(9-13)23(21(29)31)28(19(30)12-32-23)16-7-5-6-15(10-16)24(25,26)27/h5-10,14H,11-12H2,1-4H3/t14-,23+/m1/s1. The summed E-state index contributed by atoms with van der Waals surface area (Å²) >= 11 is 1.20. The van der Waals surface area contributed by atoms with Crippen molar-refractivity contribution in [3.63, 3.8) is 0 Å². The second-order valence-corrected chi connectivity index (χ2v) is 10.7. The van der Waals surface area contributed by atoms with Gasteiger partial charge in [-0.05, 0) is 56.9 Å². The van der Waals surface area contributed by atoms with Gasteiger partial charge in [-0.3, -0.25) is 14.5 Å². The Balaban J connectivity index is 1.78. The number of amides is 2. The van der Waals surface area contributed by atoms with Gasteiger partial charge in [0, 0.05) is 16.8 Å². The van der Waals surface area contributed by atoms with Gasteiger partial charge in [-0.1, -0.05) is 30.7 Å². The summed E-state index contributed by atoms with van der Waals surface area (Å²) in [6, 6.07) is 8.69. The van der Waals surface area contributed by atoms with Crippen LogP contribution in [0.3, 0.4) is 0 Å². The zero-order valence-electron chi connectivity index (χ0n) is 18.2. The van der Waals surface area contributed by atoms with Crippen LogP contribution in [0, 0.1) is 6.92 Å². The van der Waals surface area contributed by atoms with Gasteiger partial charge in [-0.25, -0.2) is 0 Å². The molecule has 4 nitrogen and oxygen atoms in total. The number of thioether (sulfide) groups is 1. The summed E-state index contributed by atoms with van der Waals surface area (Å²) in [6.07, 6.45) is -3.79. The van der Waals surface area contributed by atoms with Crippen LogP contribution < -0.4 is 9.80 Å². The molecule has 3 aliphatic heterocycles. The van der Waals surface area contributed by atoms with E-state index >= 15 is 0 Å². The van der Waals surface area contributed by atoms with Crippen molar-refractivity contribution in [2.45, 2.75) is 56.6 Å². The summed E-state index contributed by atoms with van der Waals surface area (Å²) < 4.78 is 40.3. The zero-order chi connectivity index (χ0) is 23.2. The van der Waals surface area contributed by atoms with Crippen molar-refractivity contribution >= 4 is 35.0 Å². The van der Waals surface area contributed by atoms with Crippen molar-refractivity contribution < 1.29 is 22.8 Å². The van der Waals surface area contributed by atoms with Crippen molar-refractivity contribution in [2.24, 2.45) is 0 Å². The average Bonchev–Trinajstić information content (AvgIpc) is 3.16. The first-order valence-electron chi connectivity index (χ1n) is 10.5. The van der Waals surface area contributed by atoms with Gasteiger partial charge >= 0.3 is 6.18 Å². The quantitative estimate of drug-likeness (QED) is 0.558. The van der Waals surface area contributed by atoms with E-state index < -0.39 is 22.1 Å². The average molecular weight is 461 g/mol. The highest BCUT2D eigenvalue weighted by molar-refractivity contribution is 8.02. The number of benzene rings is 2. The Hall–Kier alpha value is -2.48. The first-order valence-corrected chi connectivity index (χ1v) is 11.5. The first-order chi connectivity index (χ1) is 14.9. The number of carbonyl (C=O) groups excluding carboxylic acids is 2. The molecule has 0 aromatic heterocycles. The third-order valence-electron chi connectivity index (χ3n) is 6.71. The number of hydrogen-bond donors (Lipinski definition) is 0. The number of hydrogen-bond acceptors (Lipinski definition) is 3. The molecule has 1 fully saturated rings. The highest BCUT2D eigenvalue weighted by atomic mass is 32.2. The maximum absolute atomic E-state index is 14.1. The molecule has 0 N–H and O–H groups in total. The molecule has 1 saturated heterocycles. The first kappa shape index (κ1) is 21.4. The Kier molecular flexibility index (Phi) is 4.36. The number of alkyl halides is 3. The lowest BCUT2D eigenvalue weighted by atomic mass is 9.80. The Labute approximate surface area is 188 Å². The molecule has 3 heterocycles. The van der Waals surface area contributed by atoms with E-state index in [4.69, 9.17) is 0 Å². The van der Waals surface area contributed by atoms with Crippen LogP contribution in [0.1, 0.15) is 55.4 Å². The number of carbonyl (C=O) groups is 2. The Morgan fingerprint density at radius 2 is 1.81 bits per heavy atom. The molecule has 0 bridgehead atoms.